The molecule has 0 bridgehead atoms. The van der Waals surface area contributed by atoms with Crippen LogP contribution in [0.2, 0.25) is 0 Å². The molecule has 3 heterocycles. The molecule has 1 spiro atoms. The van der Waals surface area contributed by atoms with E-state index < -0.39 is 0 Å². The van der Waals surface area contributed by atoms with Gasteiger partial charge in [-0.25, -0.2) is 0 Å². The maximum atomic E-state index is 12.6. The van der Waals surface area contributed by atoms with Crippen molar-refractivity contribution in [2.24, 2.45) is 5.41 Å². The summed E-state index contributed by atoms with van der Waals surface area (Å²) >= 11 is 0. The fraction of sp³-hybridized carbons (Fsp3) is 0.476. The molecule has 1 aromatic heterocycles. The zero-order chi connectivity index (χ0) is 18.0. The highest BCUT2D eigenvalue weighted by atomic mass is 16.5. The first-order valence-electron chi connectivity index (χ1n) is 9.45. The lowest BCUT2D eigenvalue weighted by Crippen LogP contribution is -2.45. The Hall–Kier alpha value is -2.27. The third kappa shape index (κ3) is 3.49. The molecule has 0 aliphatic carbocycles. The first kappa shape index (κ1) is 17.2. The zero-order valence-electron chi connectivity index (χ0n) is 15.4. The zero-order valence-corrected chi connectivity index (χ0v) is 15.4. The van der Waals surface area contributed by atoms with Gasteiger partial charge in [0, 0.05) is 37.8 Å². The second-order valence-electron chi connectivity index (χ2n) is 7.73. The Balaban J connectivity index is 1.41. The molecule has 5 heteroatoms. The predicted octanol–water partition coefficient (Wildman–Crippen LogP) is 3.15. The van der Waals surface area contributed by atoms with Crippen molar-refractivity contribution in [1.29, 1.82) is 0 Å². The van der Waals surface area contributed by atoms with E-state index in [1.165, 1.54) is 18.4 Å². The second kappa shape index (κ2) is 7.16. The number of hydrogen-bond acceptors (Lipinski definition) is 3. The van der Waals surface area contributed by atoms with Crippen molar-refractivity contribution in [2.75, 3.05) is 33.3 Å². The number of H-pyrrole nitrogens is 1. The number of carbonyl (C=O) groups excluding carboxylic acids is 1. The van der Waals surface area contributed by atoms with Crippen LogP contribution in [-0.2, 0) is 6.54 Å². The summed E-state index contributed by atoms with van der Waals surface area (Å²) in [5.74, 6) is 1.05. The Bertz CT molecular complexity index is 758. The van der Waals surface area contributed by atoms with Crippen LogP contribution >= 0.6 is 0 Å². The van der Waals surface area contributed by atoms with Crippen LogP contribution in [0.25, 0.3) is 0 Å². The summed E-state index contributed by atoms with van der Waals surface area (Å²) in [5, 5.41) is 0. The Morgan fingerprint density at radius 1 is 1.19 bits per heavy atom. The summed E-state index contributed by atoms with van der Waals surface area (Å²) < 4.78 is 5.35. The van der Waals surface area contributed by atoms with Gasteiger partial charge < -0.3 is 14.6 Å². The second-order valence-corrected chi connectivity index (χ2v) is 7.73. The molecule has 5 nitrogen and oxygen atoms in total. The van der Waals surface area contributed by atoms with Crippen molar-refractivity contribution in [3.8, 4) is 5.75 Å². The SMILES string of the molecule is COc1cccc(CN2CCC[C@]3(CCN(C(=O)c4ccc[nH]4)C3)C2)c1. The minimum atomic E-state index is 0.136. The quantitative estimate of drug-likeness (QED) is 0.919. The van der Waals surface area contributed by atoms with E-state index >= 15 is 0 Å². The standard InChI is InChI=1S/C21H27N3O2/c1-26-18-6-2-5-17(13-18)14-23-11-4-8-21(15-23)9-12-24(16-21)20(25)19-7-3-10-22-19/h2-3,5-7,10,13,22H,4,8-9,11-12,14-16H2,1H3/t21-/m0/s1. The molecule has 2 aliphatic heterocycles. The lowest BCUT2D eigenvalue weighted by Gasteiger charge is -2.40. The average Bonchev–Trinajstić information content (AvgIpc) is 3.32. The van der Waals surface area contributed by atoms with Gasteiger partial charge in [-0.15, -0.1) is 0 Å². The fourth-order valence-corrected chi connectivity index (χ4v) is 4.55. The van der Waals surface area contributed by atoms with Crippen molar-refractivity contribution >= 4 is 5.91 Å². The van der Waals surface area contributed by atoms with Gasteiger partial charge in [0.1, 0.15) is 11.4 Å². The summed E-state index contributed by atoms with van der Waals surface area (Å²) in [5.41, 5.74) is 2.24. The summed E-state index contributed by atoms with van der Waals surface area (Å²) in [4.78, 5) is 20.3. The highest BCUT2D eigenvalue weighted by Gasteiger charge is 2.42. The molecule has 1 amide bonds. The van der Waals surface area contributed by atoms with Gasteiger partial charge in [0.25, 0.3) is 5.91 Å². The predicted molar refractivity (Wildman–Crippen MR) is 101 cm³/mol. The van der Waals surface area contributed by atoms with Gasteiger partial charge in [-0.05, 0) is 55.6 Å². The third-order valence-electron chi connectivity index (χ3n) is 5.83. The van der Waals surface area contributed by atoms with Crippen molar-refractivity contribution in [2.45, 2.75) is 25.8 Å². The van der Waals surface area contributed by atoms with Gasteiger partial charge in [-0.1, -0.05) is 12.1 Å². The van der Waals surface area contributed by atoms with Crippen LogP contribution in [0.15, 0.2) is 42.6 Å². The number of nitrogens with zero attached hydrogens (tertiary/aromatic N) is 2. The number of piperidine rings is 1. The van der Waals surface area contributed by atoms with E-state index in [1.54, 1.807) is 7.11 Å². The summed E-state index contributed by atoms with van der Waals surface area (Å²) in [6.45, 7) is 4.89. The third-order valence-corrected chi connectivity index (χ3v) is 5.83. The van der Waals surface area contributed by atoms with E-state index in [0.29, 0.717) is 5.69 Å². The van der Waals surface area contributed by atoms with Crippen LogP contribution in [0.4, 0.5) is 0 Å². The Morgan fingerprint density at radius 3 is 2.92 bits per heavy atom. The van der Waals surface area contributed by atoms with Gasteiger partial charge in [-0.3, -0.25) is 9.69 Å². The smallest absolute Gasteiger partial charge is 0.270 e. The molecule has 0 unspecified atom stereocenters. The molecule has 1 aromatic carbocycles. The molecule has 2 aromatic rings. The number of likely N-dealkylation sites (tertiary alicyclic amines) is 2. The maximum Gasteiger partial charge on any atom is 0.270 e. The molecular weight excluding hydrogens is 326 g/mol. The summed E-state index contributed by atoms with van der Waals surface area (Å²) in [7, 11) is 1.71. The van der Waals surface area contributed by atoms with E-state index in [-0.39, 0.29) is 11.3 Å². The highest BCUT2D eigenvalue weighted by Crippen LogP contribution is 2.39. The van der Waals surface area contributed by atoms with E-state index in [4.69, 9.17) is 4.74 Å². The summed E-state index contributed by atoms with van der Waals surface area (Å²) in [6.07, 6.45) is 5.34. The number of aromatic nitrogens is 1. The van der Waals surface area contributed by atoms with Crippen molar-refractivity contribution in [3.05, 3.63) is 53.9 Å². The number of hydrogen-bond donors (Lipinski definition) is 1. The first-order chi connectivity index (χ1) is 12.7. The molecule has 1 N–H and O–H groups in total. The molecule has 26 heavy (non-hydrogen) atoms. The fourth-order valence-electron chi connectivity index (χ4n) is 4.55. The molecule has 138 valence electrons. The molecule has 2 fully saturated rings. The van der Waals surface area contributed by atoms with Gasteiger partial charge in [-0.2, -0.15) is 0 Å². The molecular formula is C21H27N3O2. The van der Waals surface area contributed by atoms with Crippen LogP contribution in [-0.4, -0.2) is 54.0 Å². The van der Waals surface area contributed by atoms with E-state index in [0.717, 1.165) is 44.9 Å². The van der Waals surface area contributed by atoms with Crippen LogP contribution in [0.1, 0.15) is 35.3 Å². The minimum absolute atomic E-state index is 0.136. The van der Waals surface area contributed by atoms with Crippen LogP contribution in [0.3, 0.4) is 0 Å². The number of rotatable bonds is 4. The Kier molecular flexibility index (Phi) is 4.72. The van der Waals surface area contributed by atoms with Crippen molar-refractivity contribution < 1.29 is 9.53 Å². The van der Waals surface area contributed by atoms with Crippen LogP contribution < -0.4 is 4.74 Å². The lowest BCUT2D eigenvalue weighted by molar-refractivity contribution is 0.0671. The largest absolute Gasteiger partial charge is 0.497 e. The van der Waals surface area contributed by atoms with E-state index in [9.17, 15) is 4.79 Å². The molecule has 2 aliphatic rings. The van der Waals surface area contributed by atoms with Gasteiger partial charge in [0.15, 0.2) is 0 Å². The van der Waals surface area contributed by atoms with Crippen molar-refractivity contribution in [3.63, 3.8) is 0 Å². The monoisotopic (exact) mass is 353 g/mol. The van der Waals surface area contributed by atoms with Gasteiger partial charge in [0.2, 0.25) is 0 Å². The van der Waals surface area contributed by atoms with Gasteiger partial charge in [0.05, 0.1) is 7.11 Å². The molecule has 2 saturated heterocycles. The van der Waals surface area contributed by atoms with E-state index in [1.807, 2.05) is 29.3 Å². The number of aromatic amines is 1. The minimum Gasteiger partial charge on any atom is -0.497 e. The van der Waals surface area contributed by atoms with Crippen LogP contribution in [0.5, 0.6) is 5.75 Å². The van der Waals surface area contributed by atoms with E-state index in [2.05, 4.69) is 28.1 Å². The lowest BCUT2D eigenvalue weighted by atomic mass is 9.79. The average molecular weight is 353 g/mol. The Labute approximate surface area is 154 Å². The number of methoxy groups -OCH3 is 1. The Morgan fingerprint density at radius 2 is 2.12 bits per heavy atom. The van der Waals surface area contributed by atoms with Crippen LogP contribution in [0, 0.1) is 5.41 Å². The highest BCUT2D eigenvalue weighted by molar-refractivity contribution is 5.92. The molecule has 0 saturated carbocycles. The summed E-state index contributed by atoms with van der Waals surface area (Å²) in [6, 6.07) is 12.1. The molecule has 0 radical (unpaired) electrons. The first-order valence-corrected chi connectivity index (χ1v) is 9.45. The number of carbonyl (C=O) groups is 1. The number of amides is 1. The molecule has 4 rings (SSSR count). The topological polar surface area (TPSA) is 48.6 Å². The van der Waals surface area contributed by atoms with Gasteiger partial charge >= 0.3 is 0 Å². The maximum absolute atomic E-state index is 12.6. The normalized spacial score (nSPS) is 23.5. The van der Waals surface area contributed by atoms with Crippen molar-refractivity contribution in [1.82, 2.24) is 14.8 Å². The number of nitrogens with one attached hydrogen (secondary N) is 1. The number of benzene rings is 1. The molecule has 1 atom stereocenters. The number of ether oxygens (including phenoxy) is 1.